The molecular formula is C17H15N3O3S. The highest BCUT2D eigenvalue weighted by Gasteiger charge is 2.08. The summed E-state index contributed by atoms with van der Waals surface area (Å²) in [5.74, 6) is 1.73. The lowest BCUT2D eigenvalue weighted by atomic mass is 10.3. The number of benzene rings is 1. The number of nitrogens with one attached hydrogen (secondary N) is 1. The zero-order valence-electron chi connectivity index (χ0n) is 12.9. The van der Waals surface area contributed by atoms with Crippen molar-refractivity contribution in [2.75, 3.05) is 7.11 Å². The first-order chi connectivity index (χ1) is 11.7. The third-order valence-electron chi connectivity index (χ3n) is 3.15. The van der Waals surface area contributed by atoms with Gasteiger partial charge in [-0.25, -0.2) is 9.97 Å². The molecule has 0 saturated carbocycles. The van der Waals surface area contributed by atoms with Gasteiger partial charge in [-0.2, -0.15) is 0 Å². The van der Waals surface area contributed by atoms with Crippen molar-refractivity contribution in [2.45, 2.75) is 6.54 Å². The minimum atomic E-state index is -0.249. The molecule has 0 aliphatic carbocycles. The topological polar surface area (TPSA) is 73.3 Å². The molecule has 1 N–H and O–H groups in total. The summed E-state index contributed by atoms with van der Waals surface area (Å²) in [7, 11) is 1.61. The molecule has 0 saturated heterocycles. The van der Waals surface area contributed by atoms with Crippen molar-refractivity contribution in [3.8, 4) is 17.2 Å². The number of hydrogen-bond donors (Lipinski definition) is 1. The van der Waals surface area contributed by atoms with Crippen molar-refractivity contribution in [1.82, 2.24) is 15.3 Å². The van der Waals surface area contributed by atoms with Gasteiger partial charge in [-0.05, 0) is 36.4 Å². The quantitative estimate of drug-likeness (QED) is 0.745. The summed E-state index contributed by atoms with van der Waals surface area (Å²) < 4.78 is 10.8. The molecule has 6 nitrogen and oxygen atoms in total. The van der Waals surface area contributed by atoms with Crippen molar-refractivity contribution < 1.29 is 14.3 Å². The highest BCUT2D eigenvalue weighted by molar-refractivity contribution is 7.09. The Bertz CT molecular complexity index is 787. The summed E-state index contributed by atoms with van der Waals surface area (Å²) in [6.07, 6.45) is 3.22. The van der Waals surface area contributed by atoms with Crippen LogP contribution in [0.25, 0.3) is 0 Å². The fourth-order valence-electron chi connectivity index (χ4n) is 1.94. The summed E-state index contributed by atoms with van der Waals surface area (Å²) >= 11 is 1.49. The fraction of sp³-hybridized carbons (Fsp3) is 0.118. The number of rotatable bonds is 6. The number of ether oxygens (including phenoxy) is 2. The van der Waals surface area contributed by atoms with Gasteiger partial charge >= 0.3 is 0 Å². The van der Waals surface area contributed by atoms with E-state index in [0.717, 1.165) is 10.8 Å². The summed E-state index contributed by atoms with van der Waals surface area (Å²) in [6, 6.07) is 10.5. The van der Waals surface area contributed by atoms with Gasteiger partial charge in [0.15, 0.2) is 0 Å². The molecule has 0 fully saturated rings. The lowest BCUT2D eigenvalue weighted by Crippen LogP contribution is -2.23. The molecule has 0 aliphatic heterocycles. The molecule has 0 bridgehead atoms. The minimum Gasteiger partial charge on any atom is -0.497 e. The molecule has 3 aromatic rings. The van der Waals surface area contributed by atoms with E-state index in [9.17, 15) is 4.79 Å². The highest BCUT2D eigenvalue weighted by Crippen LogP contribution is 2.23. The predicted molar refractivity (Wildman–Crippen MR) is 90.6 cm³/mol. The lowest BCUT2D eigenvalue weighted by molar-refractivity contribution is 0.0946. The van der Waals surface area contributed by atoms with E-state index in [2.05, 4.69) is 15.3 Å². The van der Waals surface area contributed by atoms with Gasteiger partial charge in [-0.15, -0.1) is 11.3 Å². The van der Waals surface area contributed by atoms with Crippen molar-refractivity contribution in [3.05, 3.63) is 64.9 Å². The van der Waals surface area contributed by atoms with Crippen LogP contribution in [0.1, 0.15) is 15.5 Å². The van der Waals surface area contributed by atoms with Crippen LogP contribution in [0.3, 0.4) is 0 Å². The number of aromatic nitrogens is 2. The Balaban J connectivity index is 1.58. The first-order valence-corrected chi connectivity index (χ1v) is 8.07. The molecule has 0 atom stereocenters. The highest BCUT2D eigenvalue weighted by atomic mass is 32.1. The Morgan fingerprint density at radius 3 is 2.46 bits per heavy atom. The van der Waals surface area contributed by atoms with E-state index >= 15 is 0 Å². The first kappa shape index (κ1) is 15.9. The number of methoxy groups -OCH3 is 1. The molecule has 122 valence electrons. The molecule has 0 radical (unpaired) electrons. The van der Waals surface area contributed by atoms with Gasteiger partial charge in [0.2, 0.25) is 0 Å². The van der Waals surface area contributed by atoms with Gasteiger partial charge in [0.25, 0.3) is 5.91 Å². The van der Waals surface area contributed by atoms with Crippen LogP contribution in [-0.4, -0.2) is 23.0 Å². The monoisotopic (exact) mass is 341 g/mol. The Morgan fingerprint density at radius 1 is 1.08 bits per heavy atom. The Kier molecular flexibility index (Phi) is 5.02. The van der Waals surface area contributed by atoms with E-state index in [0.29, 0.717) is 23.7 Å². The van der Waals surface area contributed by atoms with Gasteiger partial charge in [-0.3, -0.25) is 4.79 Å². The second kappa shape index (κ2) is 7.56. The molecule has 2 heterocycles. The van der Waals surface area contributed by atoms with Gasteiger partial charge in [0, 0.05) is 11.6 Å². The Hall–Kier alpha value is -2.93. The molecule has 7 heteroatoms. The van der Waals surface area contributed by atoms with Gasteiger partial charge in [-0.1, -0.05) is 0 Å². The van der Waals surface area contributed by atoms with Crippen molar-refractivity contribution in [1.29, 1.82) is 0 Å². The maximum atomic E-state index is 12.0. The van der Waals surface area contributed by atoms with Crippen molar-refractivity contribution in [3.63, 3.8) is 0 Å². The normalized spacial score (nSPS) is 10.2. The van der Waals surface area contributed by atoms with E-state index in [-0.39, 0.29) is 5.91 Å². The van der Waals surface area contributed by atoms with Crippen LogP contribution >= 0.6 is 11.3 Å². The van der Waals surface area contributed by atoms with E-state index in [4.69, 9.17) is 9.47 Å². The number of carbonyl (C=O) groups is 1. The molecule has 0 aliphatic rings. The first-order valence-electron chi connectivity index (χ1n) is 7.19. The van der Waals surface area contributed by atoms with Gasteiger partial charge in [0.05, 0.1) is 19.9 Å². The number of thiazole rings is 1. The molecule has 2 aromatic heterocycles. The second-order valence-corrected chi connectivity index (χ2v) is 5.74. The molecule has 0 spiro atoms. The van der Waals surface area contributed by atoms with Crippen molar-refractivity contribution in [2.24, 2.45) is 0 Å². The zero-order valence-corrected chi connectivity index (χ0v) is 13.7. The lowest BCUT2D eigenvalue weighted by Gasteiger charge is -2.07. The van der Waals surface area contributed by atoms with Crippen LogP contribution in [-0.2, 0) is 6.54 Å². The van der Waals surface area contributed by atoms with Crippen molar-refractivity contribution >= 4 is 17.2 Å². The number of carbonyl (C=O) groups excluding carboxylic acids is 1. The van der Waals surface area contributed by atoms with E-state index in [1.165, 1.54) is 17.5 Å². The van der Waals surface area contributed by atoms with Gasteiger partial charge < -0.3 is 14.8 Å². The molecule has 1 aromatic carbocycles. The number of hydrogen-bond acceptors (Lipinski definition) is 6. The molecule has 3 rings (SSSR count). The van der Waals surface area contributed by atoms with E-state index in [1.54, 1.807) is 37.6 Å². The SMILES string of the molecule is COc1ccc(Oc2ccc(C(=O)NCc3nccs3)nc2)cc1. The largest absolute Gasteiger partial charge is 0.497 e. The second-order valence-electron chi connectivity index (χ2n) is 4.77. The maximum absolute atomic E-state index is 12.0. The fourth-order valence-corrected chi connectivity index (χ4v) is 2.50. The minimum absolute atomic E-state index is 0.249. The molecule has 24 heavy (non-hydrogen) atoms. The maximum Gasteiger partial charge on any atom is 0.270 e. The number of amides is 1. The summed E-state index contributed by atoms with van der Waals surface area (Å²) in [5, 5.41) is 5.49. The smallest absolute Gasteiger partial charge is 0.270 e. The van der Waals surface area contributed by atoms with Crippen LogP contribution in [0.2, 0.25) is 0 Å². The molecule has 1 amide bonds. The Morgan fingerprint density at radius 2 is 1.83 bits per heavy atom. The molecule has 0 unspecified atom stereocenters. The zero-order chi connectivity index (χ0) is 16.8. The van der Waals surface area contributed by atoms with E-state index < -0.39 is 0 Å². The number of pyridine rings is 1. The van der Waals surface area contributed by atoms with E-state index in [1.807, 2.05) is 17.5 Å². The summed E-state index contributed by atoms with van der Waals surface area (Å²) in [6.45, 7) is 0.391. The predicted octanol–water partition coefficient (Wildman–Crippen LogP) is 3.27. The standard InChI is InChI=1S/C17H15N3O3S/c1-22-12-2-4-13(5-3-12)23-14-6-7-15(19-10-14)17(21)20-11-16-18-8-9-24-16/h2-10H,11H2,1H3,(H,20,21). The average molecular weight is 341 g/mol. The third-order valence-corrected chi connectivity index (χ3v) is 3.93. The van der Waals surface area contributed by atoms with Crippen LogP contribution in [0.4, 0.5) is 0 Å². The van der Waals surface area contributed by atoms with Crippen LogP contribution in [0, 0.1) is 0 Å². The van der Waals surface area contributed by atoms with Crippen LogP contribution in [0.5, 0.6) is 17.2 Å². The third kappa shape index (κ3) is 4.08. The average Bonchev–Trinajstić information content (AvgIpc) is 3.14. The summed E-state index contributed by atoms with van der Waals surface area (Å²) in [4.78, 5) is 20.3. The Labute approximate surface area is 143 Å². The van der Waals surface area contributed by atoms with Crippen LogP contribution in [0.15, 0.2) is 54.2 Å². The summed E-state index contributed by atoms with van der Waals surface area (Å²) in [5.41, 5.74) is 0.327. The molecular weight excluding hydrogens is 326 g/mol. The van der Waals surface area contributed by atoms with Crippen LogP contribution < -0.4 is 14.8 Å². The van der Waals surface area contributed by atoms with Gasteiger partial charge in [0.1, 0.15) is 28.0 Å². The number of nitrogens with zero attached hydrogens (tertiary/aromatic N) is 2.